The molecule has 11 heteroatoms. The van der Waals surface area contributed by atoms with Gasteiger partial charge in [0.05, 0.1) is 11.6 Å². The highest BCUT2D eigenvalue weighted by Crippen LogP contribution is 2.53. The molecule has 4 atom stereocenters. The van der Waals surface area contributed by atoms with E-state index in [1.165, 1.54) is 17.2 Å². The van der Waals surface area contributed by atoms with E-state index < -0.39 is 58.0 Å². The second kappa shape index (κ2) is 9.17. The van der Waals surface area contributed by atoms with Crippen molar-refractivity contribution in [2.75, 3.05) is 6.54 Å². The Hall–Kier alpha value is -3.70. The van der Waals surface area contributed by atoms with Gasteiger partial charge in [0, 0.05) is 36.1 Å². The van der Waals surface area contributed by atoms with Crippen LogP contribution in [0.15, 0.2) is 47.2 Å². The van der Waals surface area contributed by atoms with E-state index in [-0.39, 0.29) is 29.7 Å². The molecule has 208 valence electrons. The van der Waals surface area contributed by atoms with Crippen LogP contribution in [0.4, 0.5) is 0 Å². The molecule has 1 amide bonds. The normalized spacial score (nSPS) is 28.1. The number of ketones is 2. The van der Waals surface area contributed by atoms with Crippen LogP contribution < -0.4 is 11.5 Å². The van der Waals surface area contributed by atoms with Crippen LogP contribution in [0.1, 0.15) is 34.2 Å². The number of aliphatic hydroxyl groups is 3. The van der Waals surface area contributed by atoms with Crippen molar-refractivity contribution in [3.05, 3.63) is 80.1 Å². The molecular formula is C29H28ClN3O7. The predicted octanol–water partition coefficient (Wildman–Crippen LogP) is 1.57. The van der Waals surface area contributed by atoms with Gasteiger partial charge in [-0.3, -0.25) is 19.3 Å². The minimum absolute atomic E-state index is 0.0332. The largest absolute Gasteiger partial charge is 0.508 e. The number of phenols is 1. The fourth-order valence-electron chi connectivity index (χ4n) is 6.87. The number of halogens is 1. The smallest absolute Gasteiger partial charge is 0.255 e. The minimum atomic E-state index is -2.74. The molecule has 0 saturated heterocycles. The number of phenolic OH excluding ortho intramolecular Hbond substituents is 1. The number of fused-ring (bicyclic) bond motifs is 4. The number of amides is 1. The molecule has 1 heterocycles. The Kier molecular flexibility index (Phi) is 6.08. The van der Waals surface area contributed by atoms with Crippen molar-refractivity contribution in [3.63, 3.8) is 0 Å². The molecule has 2 aromatic carbocycles. The predicted molar refractivity (Wildman–Crippen MR) is 144 cm³/mol. The van der Waals surface area contributed by atoms with Crippen molar-refractivity contribution in [1.29, 1.82) is 0 Å². The highest BCUT2D eigenvalue weighted by molar-refractivity contribution is 6.32. The molecular weight excluding hydrogens is 538 g/mol. The number of primary amides is 1. The van der Waals surface area contributed by atoms with Crippen molar-refractivity contribution >= 4 is 34.8 Å². The van der Waals surface area contributed by atoms with Crippen LogP contribution in [0.25, 0.3) is 5.76 Å². The van der Waals surface area contributed by atoms with Gasteiger partial charge in [-0.1, -0.05) is 35.9 Å². The molecule has 6 rings (SSSR count). The van der Waals surface area contributed by atoms with Crippen molar-refractivity contribution in [2.45, 2.75) is 44.0 Å². The average molecular weight is 566 g/mol. The monoisotopic (exact) mass is 565 g/mol. The number of benzene rings is 2. The fourth-order valence-corrected chi connectivity index (χ4v) is 7.15. The standard InChI is InChI=1S/C29H28ClN3O7/c30-22-15(11-33-6-5-12-3-1-2-4-13(12)10-33)9-18(34)20-16(22)7-14-8-17-23(31)25(36)21(28(32)39)27(38)29(17,40)26(37)19(14)24(20)35/h1-4,9,14,17,23,34-35,38,40H,5-8,10-11,31H2,(H2,32,39)/t14-,17-,23-,29-/m0/s1. The van der Waals surface area contributed by atoms with E-state index in [0.29, 0.717) is 29.2 Å². The van der Waals surface area contributed by atoms with Crippen LogP contribution >= 0.6 is 11.6 Å². The number of nitrogens with zero attached hydrogens (tertiary/aromatic N) is 1. The number of carbonyl (C=O) groups excluding carboxylic acids is 3. The lowest BCUT2D eigenvalue weighted by molar-refractivity contribution is -0.149. The summed E-state index contributed by atoms with van der Waals surface area (Å²) < 4.78 is 0. The molecule has 40 heavy (non-hydrogen) atoms. The maximum atomic E-state index is 13.7. The summed E-state index contributed by atoms with van der Waals surface area (Å²) >= 11 is 6.86. The van der Waals surface area contributed by atoms with E-state index >= 15 is 0 Å². The van der Waals surface area contributed by atoms with Gasteiger partial charge in [-0.25, -0.2) is 0 Å². The van der Waals surface area contributed by atoms with Gasteiger partial charge in [-0.05, 0) is 53.5 Å². The molecule has 1 aliphatic heterocycles. The van der Waals surface area contributed by atoms with Gasteiger partial charge in [-0.15, -0.1) is 0 Å². The Morgan fingerprint density at radius 3 is 2.55 bits per heavy atom. The number of aliphatic hydroxyl groups excluding tert-OH is 2. The van der Waals surface area contributed by atoms with Gasteiger partial charge in [-0.2, -0.15) is 0 Å². The summed E-state index contributed by atoms with van der Waals surface area (Å²) in [5.41, 5.74) is 11.0. The summed E-state index contributed by atoms with van der Waals surface area (Å²) in [4.78, 5) is 40.5. The Bertz CT molecular complexity index is 1580. The van der Waals surface area contributed by atoms with Crippen molar-refractivity contribution in [2.24, 2.45) is 23.3 Å². The first-order chi connectivity index (χ1) is 18.9. The zero-order chi connectivity index (χ0) is 28.7. The summed E-state index contributed by atoms with van der Waals surface area (Å²) in [5.74, 6) is -7.45. The van der Waals surface area contributed by atoms with Gasteiger partial charge in [0.1, 0.15) is 22.8 Å². The molecule has 0 bridgehead atoms. The molecule has 0 unspecified atom stereocenters. The summed E-state index contributed by atoms with van der Waals surface area (Å²) in [5, 5.41) is 44.8. The van der Waals surface area contributed by atoms with Crippen LogP contribution in [0.3, 0.4) is 0 Å². The molecule has 2 aromatic rings. The van der Waals surface area contributed by atoms with Gasteiger partial charge in [0.2, 0.25) is 5.78 Å². The topological polar surface area (TPSA) is 187 Å². The average Bonchev–Trinajstić information content (AvgIpc) is 2.91. The quantitative estimate of drug-likeness (QED) is 0.300. The summed E-state index contributed by atoms with van der Waals surface area (Å²) in [6, 6.07) is 8.17. The number of carbonyl (C=O) groups is 3. The van der Waals surface area contributed by atoms with E-state index in [0.717, 1.165) is 13.0 Å². The first-order valence-electron chi connectivity index (χ1n) is 13.0. The number of nitrogens with two attached hydrogens (primary N) is 2. The molecule has 1 saturated carbocycles. The van der Waals surface area contributed by atoms with E-state index in [1.807, 2.05) is 12.1 Å². The maximum absolute atomic E-state index is 13.7. The van der Waals surface area contributed by atoms with Gasteiger partial charge in [0.15, 0.2) is 11.4 Å². The van der Waals surface area contributed by atoms with Gasteiger partial charge in [0.25, 0.3) is 5.91 Å². The van der Waals surface area contributed by atoms with E-state index in [1.54, 1.807) is 0 Å². The van der Waals surface area contributed by atoms with Crippen LogP contribution in [0.5, 0.6) is 5.75 Å². The van der Waals surface area contributed by atoms with Gasteiger partial charge < -0.3 is 31.9 Å². The van der Waals surface area contributed by atoms with E-state index in [9.17, 15) is 34.8 Å². The van der Waals surface area contributed by atoms with Crippen molar-refractivity contribution < 1.29 is 34.8 Å². The zero-order valence-corrected chi connectivity index (χ0v) is 22.1. The Balaban J connectivity index is 1.40. The molecule has 3 aliphatic carbocycles. The van der Waals surface area contributed by atoms with Crippen molar-refractivity contribution in [1.82, 2.24) is 4.90 Å². The van der Waals surface area contributed by atoms with E-state index in [2.05, 4.69) is 17.0 Å². The molecule has 1 fully saturated rings. The van der Waals surface area contributed by atoms with E-state index in [4.69, 9.17) is 23.1 Å². The summed E-state index contributed by atoms with van der Waals surface area (Å²) in [7, 11) is 0. The number of rotatable bonds is 3. The molecule has 0 aromatic heterocycles. The highest BCUT2D eigenvalue weighted by Gasteiger charge is 2.63. The SMILES string of the molecule is NC(=O)C1=C(O)[C@@]2(O)C(=O)C3=C(O)c4c(O)cc(CN5CCc6ccccc6C5)c(Cl)c4C[C@H]3C[C@H]2[C@H](N)C1=O. The maximum Gasteiger partial charge on any atom is 0.255 e. The number of hydrogen-bond acceptors (Lipinski definition) is 9. The van der Waals surface area contributed by atoms with Crippen LogP contribution in [-0.4, -0.2) is 61.0 Å². The molecule has 4 aliphatic rings. The zero-order valence-electron chi connectivity index (χ0n) is 21.4. The third-order valence-corrected chi connectivity index (χ3v) is 9.33. The Morgan fingerprint density at radius 2 is 1.85 bits per heavy atom. The number of Topliss-reactive ketones (excluding diaryl/α,β-unsaturated/α-hetero) is 2. The van der Waals surface area contributed by atoms with Crippen LogP contribution in [0, 0.1) is 11.8 Å². The lowest BCUT2D eigenvalue weighted by Gasteiger charge is -2.48. The number of hydrogen-bond donors (Lipinski definition) is 6. The minimum Gasteiger partial charge on any atom is -0.508 e. The lowest BCUT2D eigenvalue weighted by atomic mass is 9.58. The van der Waals surface area contributed by atoms with Crippen LogP contribution in [0.2, 0.25) is 5.02 Å². The lowest BCUT2D eigenvalue weighted by Crippen LogP contribution is -2.65. The summed E-state index contributed by atoms with van der Waals surface area (Å²) in [6.07, 6.45) is 0.919. The Morgan fingerprint density at radius 1 is 1.15 bits per heavy atom. The molecule has 0 spiro atoms. The third-order valence-electron chi connectivity index (χ3n) is 8.86. The second-order valence-corrected chi connectivity index (χ2v) is 11.4. The fraction of sp³-hybridized carbons (Fsp3) is 0.345. The molecule has 0 radical (unpaired) electrons. The first kappa shape index (κ1) is 26.5. The van der Waals surface area contributed by atoms with Crippen molar-refractivity contribution in [3.8, 4) is 5.75 Å². The summed E-state index contributed by atoms with van der Waals surface area (Å²) in [6.45, 7) is 1.96. The second-order valence-electron chi connectivity index (χ2n) is 11.0. The highest BCUT2D eigenvalue weighted by atomic mass is 35.5. The molecule has 8 N–H and O–H groups in total. The van der Waals surface area contributed by atoms with Gasteiger partial charge >= 0.3 is 0 Å². The third kappa shape index (κ3) is 3.63. The van der Waals surface area contributed by atoms with Crippen LogP contribution in [-0.2, 0) is 40.3 Å². The number of aromatic hydroxyl groups is 1. The Labute approximate surface area is 234 Å². The molecule has 10 nitrogen and oxygen atoms in total. The first-order valence-corrected chi connectivity index (χ1v) is 13.4.